The fourth-order valence-corrected chi connectivity index (χ4v) is 2.68. The normalized spacial score (nSPS) is 23.8. The van der Waals surface area contributed by atoms with Gasteiger partial charge in [-0.15, -0.1) is 0 Å². The van der Waals surface area contributed by atoms with E-state index in [2.05, 4.69) is 11.9 Å². The smallest absolute Gasteiger partial charge is 0.159 e. The van der Waals surface area contributed by atoms with Crippen LogP contribution >= 0.6 is 0 Å². The fourth-order valence-electron chi connectivity index (χ4n) is 2.68. The average molecular weight is 254 g/mol. The van der Waals surface area contributed by atoms with Crippen molar-refractivity contribution >= 4 is 0 Å². The van der Waals surface area contributed by atoms with E-state index < -0.39 is 11.6 Å². The minimum atomic E-state index is -0.787. The molecule has 2 N–H and O–H groups in total. The number of halogens is 2. The van der Waals surface area contributed by atoms with Crippen molar-refractivity contribution in [3.63, 3.8) is 0 Å². The van der Waals surface area contributed by atoms with Crippen molar-refractivity contribution in [1.82, 2.24) is 4.90 Å². The van der Waals surface area contributed by atoms with Crippen LogP contribution in [0.5, 0.6) is 0 Å². The summed E-state index contributed by atoms with van der Waals surface area (Å²) in [5, 5.41) is 0. The van der Waals surface area contributed by atoms with Gasteiger partial charge in [-0.25, -0.2) is 8.78 Å². The molecular formula is C14H20F2N2. The lowest BCUT2D eigenvalue weighted by atomic mass is 10.1. The van der Waals surface area contributed by atoms with Crippen molar-refractivity contribution in [2.75, 3.05) is 13.6 Å². The molecule has 100 valence electrons. The molecule has 1 fully saturated rings. The molecule has 0 saturated heterocycles. The standard InChI is InChI=1S/C14H20F2N2/c1-18(14-4-2-3-13(14)17)8-7-10-5-6-11(15)12(16)9-10/h5-6,9,13-14H,2-4,7-8,17H2,1H3. The summed E-state index contributed by atoms with van der Waals surface area (Å²) >= 11 is 0. The quantitative estimate of drug-likeness (QED) is 0.893. The largest absolute Gasteiger partial charge is 0.326 e. The number of likely N-dealkylation sites (N-methyl/N-ethyl adjacent to an activating group) is 1. The van der Waals surface area contributed by atoms with E-state index in [1.165, 1.54) is 18.6 Å². The van der Waals surface area contributed by atoms with Gasteiger partial charge in [0.1, 0.15) is 0 Å². The lowest BCUT2D eigenvalue weighted by molar-refractivity contribution is 0.231. The summed E-state index contributed by atoms with van der Waals surface area (Å²) in [6, 6.07) is 4.78. The van der Waals surface area contributed by atoms with Gasteiger partial charge >= 0.3 is 0 Å². The van der Waals surface area contributed by atoms with Crippen molar-refractivity contribution in [2.45, 2.75) is 37.8 Å². The number of hydrogen-bond acceptors (Lipinski definition) is 2. The maximum Gasteiger partial charge on any atom is 0.159 e. The van der Waals surface area contributed by atoms with Crippen LogP contribution in [0.2, 0.25) is 0 Å². The second-order valence-electron chi connectivity index (χ2n) is 5.14. The van der Waals surface area contributed by atoms with Gasteiger partial charge in [-0.05, 0) is 44.0 Å². The molecule has 0 aliphatic heterocycles. The van der Waals surface area contributed by atoms with E-state index in [4.69, 9.17) is 5.73 Å². The maximum absolute atomic E-state index is 13.1. The maximum atomic E-state index is 13.1. The van der Waals surface area contributed by atoms with Crippen molar-refractivity contribution in [3.8, 4) is 0 Å². The molecule has 0 spiro atoms. The van der Waals surface area contributed by atoms with Gasteiger partial charge in [-0.1, -0.05) is 12.5 Å². The Kier molecular flexibility index (Phi) is 4.30. The minimum absolute atomic E-state index is 0.250. The van der Waals surface area contributed by atoms with Crippen LogP contribution in [-0.4, -0.2) is 30.6 Å². The number of nitrogens with zero attached hydrogens (tertiary/aromatic N) is 1. The first-order valence-corrected chi connectivity index (χ1v) is 6.47. The Balaban J connectivity index is 1.88. The molecule has 18 heavy (non-hydrogen) atoms. The molecule has 1 aliphatic rings. The van der Waals surface area contributed by atoms with Gasteiger partial charge in [0.15, 0.2) is 11.6 Å². The zero-order chi connectivity index (χ0) is 13.1. The topological polar surface area (TPSA) is 29.3 Å². The summed E-state index contributed by atoms with van der Waals surface area (Å²) in [5.41, 5.74) is 6.87. The number of nitrogens with two attached hydrogens (primary N) is 1. The van der Waals surface area contributed by atoms with E-state index >= 15 is 0 Å². The molecule has 2 atom stereocenters. The van der Waals surface area contributed by atoms with E-state index in [-0.39, 0.29) is 6.04 Å². The number of hydrogen-bond donors (Lipinski definition) is 1. The summed E-state index contributed by atoms with van der Waals surface area (Å²) < 4.78 is 25.9. The molecule has 0 radical (unpaired) electrons. The summed E-state index contributed by atoms with van der Waals surface area (Å²) in [5.74, 6) is -1.56. The summed E-state index contributed by atoms with van der Waals surface area (Å²) in [4.78, 5) is 2.24. The average Bonchev–Trinajstić information content (AvgIpc) is 2.77. The van der Waals surface area contributed by atoms with Gasteiger partial charge in [-0.3, -0.25) is 0 Å². The molecule has 0 amide bonds. The van der Waals surface area contributed by atoms with E-state index in [1.54, 1.807) is 6.07 Å². The van der Waals surface area contributed by atoms with E-state index in [1.807, 2.05) is 0 Å². The highest BCUT2D eigenvalue weighted by Crippen LogP contribution is 2.22. The molecule has 1 aromatic carbocycles. The summed E-state index contributed by atoms with van der Waals surface area (Å²) in [7, 11) is 2.05. The highest BCUT2D eigenvalue weighted by Gasteiger charge is 2.26. The molecule has 2 unspecified atom stereocenters. The van der Waals surface area contributed by atoms with Crippen LogP contribution in [-0.2, 0) is 6.42 Å². The third-order valence-electron chi connectivity index (χ3n) is 3.83. The Morgan fingerprint density at radius 1 is 1.28 bits per heavy atom. The van der Waals surface area contributed by atoms with Gasteiger partial charge < -0.3 is 10.6 Å². The van der Waals surface area contributed by atoms with Crippen LogP contribution in [0.25, 0.3) is 0 Å². The zero-order valence-corrected chi connectivity index (χ0v) is 10.7. The molecule has 1 aliphatic carbocycles. The van der Waals surface area contributed by atoms with Crippen molar-refractivity contribution < 1.29 is 8.78 Å². The van der Waals surface area contributed by atoms with Gasteiger partial charge in [0.05, 0.1) is 0 Å². The van der Waals surface area contributed by atoms with Crippen LogP contribution in [0.1, 0.15) is 24.8 Å². The van der Waals surface area contributed by atoms with E-state index in [0.717, 1.165) is 31.4 Å². The lowest BCUT2D eigenvalue weighted by Gasteiger charge is -2.27. The number of benzene rings is 1. The monoisotopic (exact) mass is 254 g/mol. The first-order chi connectivity index (χ1) is 8.58. The lowest BCUT2D eigenvalue weighted by Crippen LogP contribution is -2.43. The number of rotatable bonds is 4. The van der Waals surface area contributed by atoms with Crippen molar-refractivity contribution in [2.24, 2.45) is 5.73 Å². The molecule has 1 aromatic rings. The Labute approximate surface area is 107 Å². The van der Waals surface area contributed by atoms with Gasteiger partial charge in [-0.2, -0.15) is 0 Å². The molecule has 0 heterocycles. The predicted molar refractivity (Wildman–Crippen MR) is 68.3 cm³/mol. The van der Waals surface area contributed by atoms with Crippen LogP contribution in [0.4, 0.5) is 8.78 Å². The van der Waals surface area contributed by atoms with Crippen molar-refractivity contribution in [1.29, 1.82) is 0 Å². The highest BCUT2D eigenvalue weighted by atomic mass is 19.2. The first-order valence-electron chi connectivity index (χ1n) is 6.47. The molecule has 2 nitrogen and oxygen atoms in total. The highest BCUT2D eigenvalue weighted by molar-refractivity contribution is 5.18. The second kappa shape index (κ2) is 5.76. The van der Waals surface area contributed by atoms with Crippen LogP contribution in [0.15, 0.2) is 18.2 Å². The van der Waals surface area contributed by atoms with Crippen LogP contribution < -0.4 is 5.73 Å². The Morgan fingerprint density at radius 2 is 2.06 bits per heavy atom. The van der Waals surface area contributed by atoms with Crippen LogP contribution in [0.3, 0.4) is 0 Å². The van der Waals surface area contributed by atoms with E-state index in [0.29, 0.717) is 6.04 Å². The second-order valence-corrected chi connectivity index (χ2v) is 5.14. The Hall–Kier alpha value is -1.00. The Bertz CT molecular complexity index is 409. The zero-order valence-electron chi connectivity index (χ0n) is 10.7. The summed E-state index contributed by atoms with van der Waals surface area (Å²) in [6.45, 7) is 0.823. The first kappa shape index (κ1) is 13.4. The third-order valence-corrected chi connectivity index (χ3v) is 3.83. The molecule has 0 aromatic heterocycles. The van der Waals surface area contributed by atoms with Gasteiger partial charge in [0, 0.05) is 18.6 Å². The van der Waals surface area contributed by atoms with Gasteiger partial charge in [0.2, 0.25) is 0 Å². The molecule has 2 rings (SSSR count). The van der Waals surface area contributed by atoms with Gasteiger partial charge in [0.25, 0.3) is 0 Å². The fraction of sp³-hybridized carbons (Fsp3) is 0.571. The van der Waals surface area contributed by atoms with E-state index in [9.17, 15) is 8.78 Å². The Morgan fingerprint density at radius 3 is 2.67 bits per heavy atom. The molecule has 0 bridgehead atoms. The third kappa shape index (κ3) is 3.06. The summed E-state index contributed by atoms with van der Waals surface area (Å²) in [6.07, 6.45) is 4.12. The minimum Gasteiger partial charge on any atom is -0.326 e. The predicted octanol–water partition coefficient (Wildman–Crippen LogP) is 2.32. The molecular weight excluding hydrogens is 234 g/mol. The SMILES string of the molecule is CN(CCc1ccc(F)c(F)c1)C1CCCC1N. The van der Waals surface area contributed by atoms with Crippen molar-refractivity contribution in [3.05, 3.63) is 35.4 Å². The molecule has 4 heteroatoms. The van der Waals surface area contributed by atoms with Crippen LogP contribution in [0, 0.1) is 11.6 Å². The molecule has 1 saturated carbocycles.